The normalized spacial score (nSPS) is 22.4. The third-order valence-corrected chi connectivity index (χ3v) is 4.14. The maximum absolute atomic E-state index is 11.8. The first-order valence-corrected chi connectivity index (χ1v) is 7.27. The molecule has 1 amide bonds. The van der Waals surface area contributed by atoms with Crippen molar-refractivity contribution in [3.63, 3.8) is 0 Å². The number of carbonyl (C=O) groups excluding carboxylic acids is 1. The van der Waals surface area contributed by atoms with E-state index in [1.54, 1.807) is 0 Å². The van der Waals surface area contributed by atoms with Gasteiger partial charge < -0.3 is 10.4 Å². The van der Waals surface area contributed by atoms with E-state index in [9.17, 15) is 9.90 Å². The first-order valence-electron chi connectivity index (χ1n) is 7.27. The van der Waals surface area contributed by atoms with Gasteiger partial charge in [-0.1, -0.05) is 26.7 Å². The number of nitrogens with one attached hydrogen (secondary N) is 1. The number of likely N-dealkylation sites (tertiary alicyclic amines) is 1. The SMILES string of the molecule is CCC(CC)[C@H](O)CNC(=O)CN1CCC[C@@H]1C. The molecule has 1 rings (SSSR count). The number of carbonyl (C=O) groups is 1. The van der Waals surface area contributed by atoms with Gasteiger partial charge in [0, 0.05) is 12.6 Å². The molecule has 0 bridgehead atoms. The molecule has 1 fully saturated rings. The summed E-state index contributed by atoms with van der Waals surface area (Å²) in [6.07, 6.45) is 3.86. The molecule has 106 valence electrons. The molecule has 2 N–H and O–H groups in total. The van der Waals surface area contributed by atoms with E-state index < -0.39 is 6.10 Å². The first kappa shape index (κ1) is 15.4. The van der Waals surface area contributed by atoms with Crippen molar-refractivity contribution in [1.29, 1.82) is 0 Å². The Hall–Kier alpha value is -0.610. The molecule has 1 heterocycles. The summed E-state index contributed by atoms with van der Waals surface area (Å²) >= 11 is 0. The molecule has 0 saturated carbocycles. The van der Waals surface area contributed by atoms with Gasteiger partial charge in [-0.25, -0.2) is 0 Å². The largest absolute Gasteiger partial charge is 0.391 e. The van der Waals surface area contributed by atoms with Crippen LogP contribution in [-0.4, -0.2) is 47.7 Å². The van der Waals surface area contributed by atoms with Gasteiger partial charge in [-0.2, -0.15) is 0 Å². The van der Waals surface area contributed by atoms with Crippen LogP contribution in [0.4, 0.5) is 0 Å². The minimum absolute atomic E-state index is 0.0359. The lowest BCUT2D eigenvalue weighted by Gasteiger charge is -2.23. The lowest BCUT2D eigenvalue weighted by Crippen LogP contribution is -2.42. The van der Waals surface area contributed by atoms with Crippen LogP contribution in [0.3, 0.4) is 0 Å². The molecule has 0 spiro atoms. The molecule has 0 unspecified atom stereocenters. The summed E-state index contributed by atoms with van der Waals surface area (Å²) in [5.74, 6) is 0.324. The third kappa shape index (κ3) is 4.58. The van der Waals surface area contributed by atoms with E-state index in [1.807, 2.05) is 0 Å². The molecule has 2 atom stereocenters. The average Bonchev–Trinajstić information content (AvgIpc) is 2.74. The minimum atomic E-state index is -0.417. The predicted molar refractivity (Wildman–Crippen MR) is 73.4 cm³/mol. The van der Waals surface area contributed by atoms with Crippen LogP contribution in [0, 0.1) is 5.92 Å². The number of hydrogen-bond donors (Lipinski definition) is 2. The van der Waals surface area contributed by atoms with E-state index in [4.69, 9.17) is 0 Å². The number of aliphatic hydroxyl groups is 1. The van der Waals surface area contributed by atoms with E-state index in [-0.39, 0.29) is 11.8 Å². The van der Waals surface area contributed by atoms with Gasteiger partial charge in [0.2, 0.25) is 5.91 Å². The number of aliphatic hydroxyl groups excluding tert-OH is 1. The van der Waals surface area contributed by atoms with Gasteiger partial charge in [0.15, 0.2) is 0 Å². The zero-order valence-corrected chi connectivity index (χ0v) is 12.0. The third-order valence-electron chi connectivity index (χ3n) is 4.14. The standard InChI is InChI=1S/C14H28N2O2/c1-4-12(5-2)13(17)9-15-14(18)10-16-8-6-7-11(16)3/h11-13,17H,4-10H2,1-3H3,(H,15,18)/t11-,13+/m0/s1. The van der Waals surface area contributed by atoms with Crippen molar-refractivity contribution in [1.82, 2.24) is 10.2 Å². The minimum Gasteiger partial charge on any atom is -0.391 e. The van der Waals surface area contributed by atoms with Crippen molar-refractivity contribution in [2.75, 3.05) is 19.6 Å². The summed E-state index contributed by atoms with van der Waals surface area (Å²) in [5, 5.41) is 12.8. The van der Waals surface area contributed by atoms with Gasteiger partial charge in [0.1, 0.15) is 0 Å². The molecule has 1 aliphatic heterocycles. The zero-order valence-electron chi connectivity index (χ0n) is 12.0. The van der Waals surface area contributed by atoms with Crippen LogP contribution >= 0.6 is 0 Å². The second kappa shape index (κ2) is 7.74. The Morgan fingerprint density at radius 1 is 1.44 bits per heavy atom. The van der Waals surface area contributed by atoms with Crippen molar-refractivity contribution in [2.24, 2.45) is 5.92 Å². The summed E-state index contributed by atoms with van der Waals surface area (Å²) in [4.78, 5) is 14.0. The summed E-state index contributed by atoms with van der Waals surface area (Å²) in [7, 11) is 0. The summed E-state index contributed by atoms with van der Waals surface area (Å²) in [6, 6.07) is 0.514. The molecule has 4 heteroatoms. The highest BCUT2D eigenvalue weighted by Gasteiger charge is 2.23. The molecule has 18 heavy (non-hydrogen) atoms. The van der Waals surface area contributed by atoms with Gasteiger partial charge in [0.25, 0.3) is 0 Å². The first-order chi connectivity index (χ1) is 8.58. The van der Waals surface area contributed by atoms with Crippen LogP contribution in [0.15, 0.2) is 0 Å². The molecule has 0 aromatic heterocycles. The predicted octanol–water partition coefficient (Wildman–Crippen LogP) is 1.38. The maximum atomic E-state index is 11.8. The fraction of sp³-hybridized carbons (Fsp3) is 0.929. The Balaban J connectivity index is 2.24. The number of nitrogens with zero attached hydrogens (tertiary/aromatic N) is 1. The molecular formula is C14H28N2O2. The number of rotatable bonds is 7. The molecule has 1 aliphatic rings. The number of amides is 1. The van der Waals surface area contributed by atoms with Crippen LogP contribution in [0.1, 0.15) is 46.5 Å². The molecule has 0 aromatic rings. The van der Waals surface area contributed by atoms with Gasteiger partial charge in [0.05, 0.1) is 12.6 Å². The molecule has 4 nitrogen and oxygen atoms in total. The van der Waals surface area contributed by atoms with E-state index in [2.05, 4.69) is 31.0 Å². The Morgan fingerprint density at radius 3 is 2.61 bits per heavy atom. The Labute approximate surface area is 111 Å². The van der Waals surface area contributed by atoms with E-state index in [0.717, 1.165) is 19.4 Å². The highest BCUT2D eigenvalue weighted by Crippen LogP contribution is 2.15. The van der Waals surface area contributed by atoms with E-state index in [0.29, 0.717) is 19.1 Å². The average molecular weight is 256 g/mol. The monoisotopic (exact) mass is 256 g/mol. The lowest BCUT2D eigenvalue weighted by molar-refractivity contribution is -0.123. The quantitative estimate of drug-likeness (QED) is 0.723. The van der Waals surface area contributed by atoms with Crippen molar-refractivity contribution in [2.45, 2.75) is 58.6 Å². The molecule has 0 radical (unpaired) electrons. The summed E-state index contributed by atoms with van der Waals surface area (Å²) < 4.78 is 0. The van der Waals surface area contributed by atoms with Crippen molar-refractivity contribution in [3.8, 4) is 0 Å². The fourth-order valence-electron chi connectivity index (χ4n) is 2.69. The second-order valence-electron chi connectivity index (χ2n) is 5.41. The number of hydrogen-bond acceptors (Lipinski definition) is 3. The van der Waals surface area contributed by atoms with Gasteiger partial charge in [-0.15, -0.1) is 0 Å². The van der Waals surface area contributed by atoms with Gasteiger partial charge >= 0.3 is 0 Å². The van der Waals surface area contributed by atoms with E-state index >= 15 is 0 Å². The fourth-order valence-corrected chi connectivity index (χ4v) is 2.69. The highest BCUT2D eigenvalue weighted by molar-refractivity contribution is 5.78. The Morgan fingerprint density at radius 2 is 2.11 bits per heavy atom. The maximum Gasteiger partial charge on any atom is 0.234 e. The Kier molecular flexibility index (Phi) is 6.65. The van der Waals surface area contributed by atoms with E-state index in [1.165, 1.54) is 12.8 Å². The Bertz CT molecular complexity index is 254. The summed E-state index contributed by atoms with van der Waals surface area (Å²) in [5.41, 5.74) is 0. The second-order valence-corrected chi connectivity index (χ2v) is 5.41. The van der Waals surface area contributed by atoms with Crippen LogP contribution < -0.4 is 5.32 Å². The topological polar surface area (TPSA) is 52.6 Å². The van der Waals surface area contributed by atoms with Gasteiger partial charge in [-0.3, -0.25) is 9.69 Å². The van der Waals surface area contributed by atoms with Crippen LogP contribution in [0.2, 0.25) is 0 Å². The molecule has 0 aromatic carbocycles. The van der Waals surface area contributed by atoms with Crippen molar-refractivity contribution in [3.05, 3.63) is 0 Å². The van der Waals surface area contributed by atoms with Crippen molar-refractivity contribution >= 4 is 5.91 Å². The summed E-state index contributed by atoms with van der Waals surface area (Å²) in [6.45, 7) is 8.18. The highest BCUT2D eigenvalue weighted by atomic mass is 16.3. The van der Waals surface area contributed by atoms with Crippen molar-refractivity contribution < 1.29 is 9.90 Å². The lowest BCUT2D eigenvalue weighted by atomic mass is 9.96. The van der Waals surface area contributed by atoms with Gasteiger partial charge in [-0.05, 0) is 32.2 Å². The molecule has 0 aliphatic carbocycles. The zero-order chi connectivity index (χ0) is 13.5. The van der Waals surface area contributed by atoms with Crippen LogP contribution in [-0.2, 0) is 4.79 Å². The van der Waals surface area contributed by atoms with Crippen LogP contribution in [0.25, 0.3) is 0 Å². The smallest absolute Gasteiger partial charge is 0.234 e. The molecule has 1 saturated heterocycles. The van der Waals surface area contributed by atoms with Crippen LogP contribution in [0.5, 0.6) is 0 Å². The molecular weight excluding hydrogens is 228 g/mol.